The van der Waals surface area contributed by atoms with Gasteiger partial charge in [0.1, 0.15) is 5.75 Å². The van der Waals surface area contributed by atoms with E-state index in [1.54, 1.807) is 19.2 Å². The Morgan fingerprint density at radius 2 is 1.96 bits per heavy atom. The molecule has 0 unspecified atom stereocenters. The van der Waals surface area contributed by atoms with Crippen molar-refractivity contribution in [1.82, 2.24) is 4.90 Å². The van der Waals surface area contributed by atoms with E-state index < -0.39 is 0 Å². The van der Waals surface area contributed by atoms with Gasteiger partial charge in [-0.3, -0.25) is 4.90 Å². The molecule has 2 aromatic carbocycles. The van der Waals surface area contributed by atoms with E-state index in [0.29, 0.717) is 15.9 Å². The summed E-state index contributed by atoms with van der Waals surface area (Å²) in [4.78, 5) is 2.48. The lowest BCUT2D eigenvalue weighted by atomic mass is 10.2. The fraction of sp³-hybridized carbons (Fsp3) is 0.316. The van der Waals surface area contributed by atoms with E-state index >= 15 is 0 Å². The van der Waals surface area contributed by atoms with Crippen molar-refractivity contribution in [2.75, 3.05) is 30.8 Å². The van der Waals surface area contributed by atoms with E-state index in [9.17, 15) is 0 Å². The van der Waals surface area contributed by atoms with Gasteiger partial charge in [-0.05, 0) is 74.0 Å². The van der Waals surface area contributed by atoms with Gasteiger partial charge in [0.2, 0.25) is 0 Å². The Kier molecular flexibility index (Phi) is 6.13. The molecule has 0 spiro atoms. The average molecular weight is 376 g/mol. The van der Waals surface area contributed by atoms with Gasteiger partial charge in [-0.2, -0.15) is 0 Å². The first kappa shape index (κ1) is 18.0. The van der Waals surface area contributed by atoms with E-state index in [1.165, 1.54) is 31.5 Å². The molecule has 0 aromatic heterocycles. The zero-order chi connectivity index (χ0) is 17.6. The van der Waals surface area contributed by atoms with Gasteiger partial charge in [-0.25, -0.2) is 0 Å². The summed E-state index contributed by atoms with van der Waals surface area (Å²) < 4.78 is 5.33. The maximum atomic E-state index is 6.06. The van der Waals surface area contributed by atoms with E-state index in [-0.39, 0.29) is 0 Å². The van der Waals surface area contributed by atoms with Gasteiger partial charge in [0, 0.05) is 17.3 Å². The summed E-state index contributed by atoms with van der Waals surface area (Å²) >= 11 is 11.5. The van der Waals surface area contributed by atoms with Gasteiger partial charge < -0.3 is 15.4 Å². The first-order valence-corrected chi connectivity index (χ1v) is 9.15. The molecule has 0 radical (unpaired) electrons. The largest absolute Gasteiger partial charge is 0.495 e. The molecular weight excluding hydrogens is 354 g/mol. The minimum absolute atomic E-state index is 0.499. The first-order valence-electron chi connectivity index (χ1n) is 8.37. The van der Waals surface area contributed by atoms with Crippen LogP contribution >= 0.6 is 23.8 Å². The Labute approximate surface area is 159 Å². The van der Waals surface area contributed by atoms with Gasteiger partial charge in [0.25, 0.3) is 0 Å². The molecule has 0 atom stereocenters. The van der Waals surface area contributed by atoms with Crippen molar-refractivity contribution in [2.45, 2.75) is 19.4 Å². The standard InChI is InChI=1S/C19H22ClN3OS/c1-24-18-8-7-15(20)12-17(18)22-19(25)21-16-6-4-5-14(11-16)13-23-9-2-3-10-23/h4-8,11-12H,2-3,9-10,13H2,1H3,(H2,21,22,25). The zero-order valence-corrected chi connectivity index (χ0v) is 15.8. The molecule has 0 aliphatic carbocycles. The summed E-state index contributed by atoms with van der Waals surface area (Å²) in [7, 11) is 1.62. The van der Waals surface area contributed by atoms with Crippen LogP contribution in [-0.4, -0.2) is 30.2 Å². The molecule has 1 heterocycles. The van der Waals surface area contributed by atoms with Crippen molar-refractivity contribution in [1.29, 1.82) is 0 Å². The van der Waals surface area contributed by atoms with Gasteiger partial charge in [0.15, 0.2) is 5.11 Å². The number of likely N-dealkylation sites (tertiary alicyclic amines) is 1. The topological polar surface area (TPSA) is 36.5 Å². The molecule has 1 aliphatic heterocycles. The molecule has 6 heteroatoms. The molecule has 2 N–H and O–H groups in total. The quantitative estimate of drug-likeness (QED) is 0.737. The number of nitrogens with zero attached hydrogens (tertiary/aromatic N) is 1. The summed E-state index contributed by atoms with van der Waals surface area (Å²) in [5, 5.41) is 7.50. The second kappa shape index (κ2) is 8.52. The molecule has 4 nitrogen and oxygen atoms in total. The number of hydrogen-bond acceptors (Lipinski definition) is 3. The van der Waals surface area contributed by atoms with Crippen molar-refractivity contribution in [2.24, 2.45) is 0 Å². The lowest BCUT2D eigenvalue weighted by molar-refractivity contribution is 0.331. The van der Waals surface area contributed by atoms with E-state index in [2.05, 4.69) is 33.7 Å². The molecule has 3 rings (SSSR count). The number of ether oxygens (including phenoxy) is 1. The molecule has 1 saturated heterocycles. The Balaban J connectivity index is 1.63. The maximum Gasteiger partial charge on any atom is 0.175 e. The van der Waals surface area contributed by atoms with Crippen LogP contribution in [0.3, 0.4) is 0 Å². The average Bonchev–Trinajstić information content (AvgIpc) is 3.08. The van der Waals surface area contributed by atoms with Crippen molar-refractivity contribution in [3.63, 3.8) is 0 Å². The minimum Gasteiger partial charge on any atom is -0.495 e. The number of hydrogen-bond donors (Lipinski definition) is 2. The molecule has 25 heavy (non-hydrogen) atoms. The number of methoxy groups -OCH3 is 1. The second-order valence-electron chi connectivity index (χ2n) is 6.11. The smallest absolute Gasteiger partial charge is 0.175 e. The summed E-state index contributed by atoms with van der Waals surface area (Å²) in [6, 6.07) is 13.7. The van der Waals surface area contributed by atoms with Crippen LogP contribution in [-0.2, 0) is 6.54 Å². The van der Waals surface area contributed by atoms with E-state index in [1.807, 2.05) is 12.1 Å². The molecule has 2 aromatic rings. The van der Waals surface area contributed by atoms with Crippen LogP contribution in [0.4, 0.5) is 11.4 Å². The van der Waals surface area contributed by atoms with E-state index in [0.717, 1.165) is 17.9 Å². The first-order chi connectivity index (χ1) is 12.1. The fourth-order valence-electron chi connectivity index (χ4n) is 3.01. The third kappa shape index (κ3) is 5.08. The Bertz CT molecular complexity index is 747. The minimum atomic E-state index is 0.499. The van der Waals surface area contributed by atoms with Crippen molar-refractivity contribution >= 4 is 40.3 Å². The summed E-state index contributed by atoms with van der Waals surface area (Å²) in [5.74, 6) is 0.691. The highest BCUT2D eigenvalue weighted by Crippen LogP contribution is 2.28. The Hall–Kier alpha value is -1.82. The van der Waals surface area contributed by atoms with Crippen LogP contribution in [0.1, 0.15) is 18.4 Å². The highest BCUT2D eigenvalue weighted by atomic mass is 35.5. The van der Waals surface area contributed by atoms with Crippen LogP contribution < -0.4 is 15.4 Å². The SMILES string of the molecule is COc1ccc(Cl)cc1NC(=S)Nc1cccc(CN2CCCC2)c1. The lowest BCUT2D eigenvalue weighted by Gasteiger charge is -2.16. The molecule has 1 aliphatic rings. The third-order valence-corrected chi connectivity index (χ3v) is 4.64. The number of anilines is 2. The van der Waals surface area contributed by atoms with Crippen LogP contribution in [0.5, 0.6) is 5.75 Å². The Morgan fingerprint density at radius 1 is 1.16 bits per heavy atom. The zero-order valence-electron chi connectivity index (χ0n) is 14.2. The molecule has 1 fully saturated rings. The van der Waals surface area contributed by atoms with Crippen molar-refractivity contribution in [3.05, 3.63) is 53.1 Å². The molecular formula is C19H22ClN3OS. The van der Waals surface area contributed by atoms with Crippen LogP contribution in [0.15, 0.2) is 42.5 Å². The number of thiocarbonyl (C=S) groups is 1. The predicted molar refractivity (Wildman–Crippen MR) is 109 cm³/mol. The van der Waals surface area contributed by atoms with Gasteiger partial charge >= 0.3 is 0 Å². The van der Waals surface area contributed by atoms with Crippen LogP contribution in [0, 0.1) is 0 Å². The normalized spacial score (nSPS) is 14.3. The van der Waals surface area contributed by atoms with Crippen LogP contribution in [0.25, 0.3) is 0 Å². The monoisotopic (exact) mass is 375 g/mol. The fourth-order valence-corrected chi connectivity index (χ4v) is 3.41. The third-order valence-electron chi connectivity index (χ3n) is 4.20. The molecule has 0 bridgehead atoms. The van der Waals surface area contributed by atoms with Gasteiger partial charge in [-0.1, -0.05) is 23.7 Å². The lowest BCUT2D eigenvalue weighted by Crippen LogP contribution is -2.20. The van der Waals surface area contributed by atoms with E-state index in [4.69, 9.17) is 28.6 Å². The highest BCUT2D eigenvalue weighted by molar-refractivity contribution is 7.80. The summed E-state index contributed by atoms with van der Waals surface area (Å²) in [6.45, 7) is 3.36. The second-order valence-corrected chi connectivity index (χ2v) is 6.95. The van der Waals surface area contributed by atoms with Gasteiger partial charge in [-0.15, -0.1) is 0 Å². The molecule has 132 valence electrons. The summed E-state index contributed by atoms with van der Waals surface area (Å²) in [6.07, 6.45) is 2.60. The number of halogens is 1. The number of nitrogens with one attached hydrogen (secondary N) is 2. The Morgan fingerprint density at radius 3 is 2.72 bits per heavy atom. The van der Waals surface area contributed by atoms with Crippen molar-refractivity contribution in [3.8, 4) is 5.75 Å². The highest BCUT2D eigenvalue weighted by Gasteiger charge is 2.12. The molecule has 0 amide bonds. The van der Waals surface area contributed by atoms with Crippen molar-refractivity contribution < 1.29 is 4.74 Å². The van der Waals surface area contributed by atoms with Crippen LogP contribution in [0.2, 0.25) is 5.02 Å². The summed E-state index contributed by atoms with van der Waals surface area (Å²) in [5.41, 5.74) is 2.99. The number of rotatable bonds is 5. The van der Waals surface area contributed by atoms with Gasteiger partial charge in [0.05, 0.1) is 12.8 Å². The number of benzene rings is 2. The molecule has 0 saturated carbocycles. The predicted octanol–water partition coefficient (Wildman–Crippen LogP) is 4.75. The maximum absolute atomic E-state index is 6.06.